The molecule has 0 atom stereocenters. The number of benzene rings is 1. The zero-order valence-corrected chi connectivity index (χ0v) is 14.8. The number of amides is 4. The number of carbonyl (C=O) groups excluding carboxylic acids is 3. The minimum absolute atomic E-state index is 0.0679. The van der Waals surface area contributed by atoms with E-state index in [0.29, 0.717) is 23.4 Å². The highest BCUT2D eigenvalue weighted by molar-refractivity contribution is 6.08. The number of carbonyl (C=O) groups is 3. The van der Waals surface area contributed by atoms with E-state index in [9.17, 15) is 24.5 Å². The van der Waals surface area contributed by atoms with Gasteiger partial charge in [-0.3, -0.25) is 25.1 Å². The fraction of sp³-hybridized carbons (Fsp3) is 0.471. The summed E-state index contributed by atoms with van der Waals surface area (Å²) in [6.45, 7) is 1.12. The second kappa shape index (κ2) is 7.22. The molecule has 4 amide bonds. The number of hydrogen-bond donors (Lipinski definition) is 2. The van der Waals surface area contributed by atoms with Crippen LogP contribution >= 0.6 is 0 Å². The average molecular weight is 376 g/mol. The summed E-state index contributed by atoms with van der Waals surface area (Å²) in [5.74, 6) is -1.32. The maximum absolute atomic E-state index is 12.6. The van der Waals surface area contributed by atoms with Gasteiger partial charge in [0.05, 0.1) is 4.92 Å². The van der Waals surface area contributed by atoms with Crippen molar-refractivity contribution in [2.75, 3.05) is 6.61 Å². The topological polar surface area (TPSA) is 131 Å². The summed E-state index contributed by atoms with van der Waals surface area (Å²) >= 11 is 0. The first-order valence-electron chi connectivity index (χ1n) is 8.66. The molecule has 27 heavy (non-hydrogen) atoms. The number of urea groups is 1. The molecule has 1 aliphatic heterocycles. The van der Waals surface area contributed by atoms with Gasteiger partial charge < -0.3 is 10.1 Å². The van der Waals surface area contributed by atoms with Crippen LogP contribution in [0.2, 0.25) is 0 Å². The lowest BCUT2D eigenvalue weighted by atomic mass is 9.82. The lowest BCUT2D eigenvalue weighted by molar-refractivity contribution is -0.385. The Labute approximate surface area is 155 Å². The molecule has 1 heterocycles. The Morgan fingerprint density at radius 3 is 2.70 bits per heavy atom. The number of hydrogen-bond acceptors (Lipinski definition) is 6. The van der Waals surface area contributed by atoms with Gasteiger partial charge in [0.25, 0.3) is 11.8 Å². The van der Waals surface area contributed by atoms with Crippen LogP contribution in [0, 0.1) is 17.0 Å². The molecule has 144 valence electrons. The van der Waals surface area contributed by atoms with E-state index in [-0.39, 0.29) is 11.4 Å². The van der Waals surface area contributed by atoms with Gasteiger partial charge in [-0.2, -0.15) is 5.01 Å². The van der Waals surface area contributed by atoms with E-state index in [1.807, 2.05) is 0 Å². The van der Waals surface area contributed by atoms with Gasteiger partial charge in [0.2, 0.25) is 0 Å². The van der Waals surface area contributed by atoms with Gasteiger partial charge in [0.1, 0.15) is 5.54 Å². The maximum atomic E-state index is 12.6. The van der Waals surface area contributed by atoms with Crippen molar-refractivity contribution in [3.05, 3.63) is 33.9 Å². The van der Waals surface area contributed by atoms with Crippen molar-refractivity contribution in [3.63, 3.8) is 0 Å². The smallest absolute Gasteiger partial charge is 0.344 e. The molecule has 1 aromatic carbocycles. The highest BCUT2D eigenvalue weighted by atomic mass is 16.6. The Balaban J connectivity index is 1.62. The first kappa shape index (κ1) is 18.6. The van der Waals surface area contributed by atoms with Crippen molar-refractivity contribution in [3.8, 4) is 5.75 Å². The SMILES string of the molecule is Cc1ccc(OCC(=O)NN2C(=O)NC3(CCCCC3)C2=O)c([N+](=O)[O-])c1. The summed E-state index contributed by atoms with van der Waals surface area (Å²) in [4.78, 5) is 47.2. The number of nitrogens with one attached hydrogen (secondary N) is 2. The molecule has 2 aliphatic rings. The Morgan fingerprint density at radius 2 is 2.04 bits per heavy atom. The minimum Gasteiger partial charge on any atom is -0.477 e. The fourth-order valence-electron chi connectivity index (χ4n) is 3.41. The third-order valence-electron chi connectivity index (χ3n) is 4.78. The number of ether oxygens (including phenoxy) is 1. The van der Waals surface area contributed by atoms with E-state index < -0.39 is 34.9 Å². The number of aryl methyl sites for hydroxylation is 1. The van der Waals surface area contributed by atoms with Crippen LogP contribution in [-0.4, -0.2) is 39.9 Å². The van der Waals surface area contributed by atoms with Crippen LogP contribution < -0.4 is 15.5 Å². The number of nitro benzene ring substituents is 1. The van der Waals surface area contributed by atoms with Gasteiger partial charge in [-0.1, -0.05) is 25.3 Å². The standard InChI is InChI=1S/C17H20N4O6/c1-11-5-6-13(12(9-11)21(25)26)27-10-14(22)19-20-15(23)17(18-16(20)24)7-3-2-4-8-17/h5-6,9H,2-4,7-8,10H2,1H3,(H,18,24)(H,19,22). The van der Waals surface area contributed by atoms with E-state index in [4.69, 9.17) is 4.74 Å². The largest absolute Gasteiger partial charge is 0.477 e. The summed E-state index contributed by atoms with van der Waals surface area (Å²) in [6, 6.07) is 3.66. The molecule has 1 spiro atoms. The van der Waals surface area contributed by atoms with E-state index in [1.54, 1.807) is 13.0 Å². The number of imide groups is 1. The summed E-state index contributed by atoms with van der Waals surface area (Å²) < 4.78 is 5.21. The first-order chi connectivity index (χ1) is 12.8. The zero-order chi connectivity index (χ0) is 19.6. The monoisotopic (exact) mass is 376 g/mol. The Bertz CT molecular complexity index is 803. The normalized spacial score (nSPS) is 18.3. The van der Waals surface area contributed by atoms with Gasteiger partial charge in [0.15, 0.2) is 12.4 Å². The lowest BCUT2D eigenvalue weighted by Gasteiger charge is -2.30. The first-order valence-corrected chi connectivity index (χ1v) is 8.66. The van der Waals surface area contributed by atoms with Crippen LogP contribution in [-0.2, 0) is 9.59 Å². The second-order valence-corrected chi connectivity index (χ2v) is 6.77. The Morgan fingerprint density at radius 1 is 1.33 bits per heavy atom. The van der Waals surface area contributed by atoms with Crippen LogP contribution in [0.3, 0.4) is 0 Å². The average Bonchev–Trinajstić information content (AvgIpc) is 2.85. The molecule has 1 saturated heterocycles. The molecule has 1 aromatic rings. The number of nitrogens with zero attached hydrogens (tertiary/aromatic N) is 2. The van der Waals surface area contributed by atoms with Gasteiger partial charge in [0, 0.05) is 6.07 Å². The van der Waals surface area contributed by atoms with Crippen molar-refractivity contribution in [2.24, 2.45) is 0 Å². The summed E-state index contributed by atoms with van der Waals surface area (Å²) in [7, 11) is 0. The van der Waals surface area contributed by atoms with Crippen molar-refractivity contribution >= 4 is 23.5 Å². The zero-order valence-electron chi connectivity index (χ0n) is 14.8. The number of rotatable bonds is 5. The number of hydrazine groups is 1. The molecule has 10 nitrogen and oxygen atoms in total. The van der Waals surface area contributed by atoms with Crippen LogP contribution in [0.15, 0.2) is 18.2 Å². The van der Waals surface area contributed by atoms with Crippen molar-refractivity contribution in [2.45, 2.75) is 44.6 Å². The maximum Gasteiger partial charge on any atom is 0.344 e. The molecule has 1 aliphatic carbocycles. The molecule has 0 bridgehead atoms. The Kier molecular flexibility index (Phi) is 4.98. The molecule has 0 aromatic heterocycles. The van der Waals surface area contributed by atoms with Crippen LogP contribution in [0.4, 0.5) is 10.5 Å². The summed E-state index contributed by atoms with van der Waals surface area (Å²) in [6.07, 6.45) is 3.73. The molecule has 10 heteroatoms. The molecular weight excluding hydrogens is 356 g/mol. The number of nitro groups is 1. The van der Waals surface area contributed by atoms with E-state index in [1.165, 1.54) is 12.1 Å². The van der Waals surface area contributed by atoms with Crippen molar-refractivity contribution in [1.29, 1.82) is 0 Å². The summed E-state index contributed by atoms with van der Waals surface area (Å²) in [5, 5.41) is 14.4. The molecule has 2 N–H and O–H groups in total. The predicted molar refractivity (Wildman–Crippen MR) is 92.7 cm³/mol. The summed E-state index contributed by atoms with van der Waals surface area (Å²) in [5.41, 5.74) is 1.68. The third-order valence-corrected chi connectivity index (χ3v) is 4.78. The van der Waals surface area contributed by atoms with Crippen LogP contribution in [0.1, 0.15) is 37.7 Å². The fourth-order valence-corrected chi connectivity index (χ4v) is 3.41. The second-order valence-electron chi connectivity index (χ2n) is 6.77. The third kappa shape index (κ3) is 3.69. The molecule has 0 unspecified atom stereocenters. The van der Waals surface area contributed by atoms with Gasteiger partial charge in [-0.05, 0) is 31.4 Å². The van der Waals surface area contributed by atoms with E-state index >= 15 is 0 Å². The van der Waals surface area contributed by atoms with Crippen LogP contribution in [0.25, 0.3) is 0 Å². The van der Waals surface area contributed by atoms with Crippen molar-refractivity contribution < 1.29 is 24.0 Å². The van der Waals surface area contributed by atoms with Crippen LogP contribution in [0.5, 0.6) is 5.75 Å². The van der Waals surface area contributed by atoms with Gasteiger partial charge in [-0.15, -0.1) is 0 Å². The lowest BCUT2D eigenvalue weighted by Crippen LogP contribution is -2.51. The van der Waals surface area contributed by atoms with E-state index in [2.05, 4.69) is 10.7 Å². The highest BCUT2D eigenvalue weighted by Gasteiger charge is 2.52. The van der Waals surface area contributed by atoms with E-state index in [0.717, 1.165) is 19.3 Å². The molecule has 2 fully saturated rings. The van der Waals surface area contributed by atoms with Gasteiger partial charge >= 0.3 is 11.7 Å². The molecular formula is C17H20N4O6. The minimum atomic E-state index is -0.945. The molecule has 3 rings (SSSR count). The molecule has 1 saturated carbocycles. The quantitative estimate of drug-likeness (QED) is 0.456. The van der Waals surface area contributed by atoms with Gasteiger partial charge in [-0.25, -0.2) is 4.79 Å². The molecule has 0 radical (unpaired) electrons. The van der Waals surface area contributed by atoms with Crippen molar-refractivity contribution in [1.82, 2.24) is 15.8 Å². The Hall–Kier alpha value is -3.17. The highest BCUT2D eigenvalue weighted by Crippen LogP contribution is 2.33. The predicted octanol–water partition coefficient (Wildman–Crippen LogP) is 1.57.